The first-order chi connectivity index (χ1) is 17.6. The molecule has 1 aromatic carbocycles. The lowest BCUT2D eigenvalue weighted by Gasteiger charge is -2.34. The molecule has 0 unspecified atom stereocenters. The highest BCUT2D eigenvalue weighted by atomic mass is 16.5. The maximum absolute atomic E-state index is 12.9. The second-order valence-corrected chi connectivity index (χ2v) is 9.81. The Balaban J connectivity index is 1.19. The molecule has 1 fully saturated rings. The van der Waals surface area contributed by atoms with E-state index in [9.17, 15) is 4.79 Å². The molecule has 2 aliphatic rings. The summed E-state index contributed by atoms with van der Waals surface area (Å²) in [6.45, 7) is 6.37. The molecule has 4 heterocycles. The van der Waals surface area contributed by atoms with Gasteiger partial charge in [-0.3, -0.25) is 14.8 Å². The van der Waals surface area contributed by atoms with Gasteiger partial charge in [-0.2, -0.15) is 0 Å². The topological polar surface area (TPSA) is 98.3 Å². The quantitative estimate of drug-likeness (QED) is 0.357. The minimum Gasteiger partial charge on any atom is -0.439 e. The fraction of sp³-hybridized carbons (Fsp3) is 0.407. The largest absolute Gasteiger partial charge is 0.439 e. The van der Waals surface area contributed by atoms with E-state index in [4.69, 9.17) is 9.26 Å². The van der Waals surface area contributed by atoms with Gasteiger partial charge in [-0.05, 0) is 63.4 Å². The second-order valence-electron chi connectivity index (χ2n) is 9.81. The van der Waals surface area contributed by atoms with Gasteiger partial charge in [0.15, 0.2) is 5.82 Å². The first-order valence-corrected chi connectivity index (χ1v) is 12.7. The number of unbranched alkanes of at least 4 members (excludes halogenated alkanes) is 1. The molecule has 6 rings (SSSR count). The zero-order valence-electron chi connectivity index (χ0n) is 20.6. The van der Waals surface area contributed by atoms with Crippen LogP contribution in [0.1, 0.15) is 62.5 Å². The van der Waals surface area contributed by atoms with Crippen LogP contribution in [0.3, 0.4) is 0 Å². The second kappa shape index (κ2) is 9.39. The number of ether oxygens (including phenoxy) is 1. The van der Waals surface area contributed by atoms with E-state index in [-0.39, 0.29) is 6.03 Å². The molecule has 9 nitrogen and oxygen atoms in total. The maximum Gasteiger partial charge on any atom is 0.331 e. The minimum absolute atomic E-state index is 0.291. The van der Waals surface area contributed by atoms with Crippen molar-refractivity contribution < 1.29 is 14.1 Å². The first-order valence-electron chi connectivity index (χ1n) is 12.7. The average Bonchev–Trinajstić information content (AvgIpc) is 3.48. The van der Waals surface area contributed by atoms with Crippen LogP contribution in [-0.4, -0.2) is 43.2 Å². The van der Waals surface area contributed by atoms with Crippen LogP contribution in [0.25, 0.3) is 10.9 Å². The van der Waals surface area contributed by atoms with Crippen molar-refractivity contribution in [2.75, 3.05) is 11.9 Å². The molecular weight excluding hydrogens is 456 g/mol. The number of nitrogens with one attached hydrogen (secondary N) is 1. The molecule has 1 atom stereocenters. The van der Waals surface area contributed by atoms with Gasteiger partial charge in [0.25, 0.3) is 0 Å². The highest BCUT2D eigenvalue weighted by Gasteiger charge is 2.29. The fourth-order valence-corrected chi connectivity index (χ4v) is 4.84. The number of benzene rings is 1. The van der Waals surface area contributed by atoms with Crippen molar-refractivity contribution in [3.63, 3.8) is 0 Å². The Morgan fingerprint density at radius 1 is 1.22 bits per heavy atom. The van der Waals surface area contributed by atoms with Gasteiger partial charge in [0.2, 0.25) is 5.88 Å². The Hall–Kier alpha value is -3.72. The number of amides is 1. The van der Waals surface area contributed by atoms with Crippen molar-refractivity contribution in [1.82, 2.24) is 24.6 Å². The van der Waals surface area contributed by atoms with Crippen molar-refractivity contribution in [3.8, 4) is 11.6 Å². The molecule has 1 aliphatic carbocycles. The molecule has 0 radical (unpaired) electrons. The number of anilines is 1. The molecule has 4 aromatic rings. The highest BCUT2D eigenvalue weighted by molar-refractivity contribution is 5.98. The fourth-order valence-electron chi connectivity index (χ4n) is 4.84. The maximum atomic E-state index is 12.9. The summed E-state index contributed by atoms with van der Waals surface area (Å²) in [5.41, 5.74) is 2.89. The molecule has 9 heteroatoms. The van der Waals surface area contributed by atoms with Crippen LogP contribution in [0.15, 0.2) is 47.4 Å². The van der Waals surface area contributed by atoms with Gasteiger partial charge in [-0.15, -0.1) is 0 Å². The number of nitrogens with zero attached hydrogens (tertiary/aromatic N) is 5. The van der Waals surface area contributed by atoms with Gasteiger partial charge < -0.3 is 9.26 Å². The van der Waals surface area contributed by atoms with E-state index in [0.717, 1.165) is 60.3 Å². The summed E-state index contributed by atoms with van der Waals surface area (Å²) >= 11 is 0. The molecule has 186 valence electrons. The minimum atomic E-state index is -0.291. The summed E-state index contributed by atoms with van der Waals surface area (Å²) in [6.07, 6.45) is 8.78. The Morgan fingerprint density at radius 3 is 2.94 bits per heavy atom. The summed E-state index contributed by atoms with van der Waals surface area (Å²) in [6, 6.07) is 9.49. The Bertz CT molecular complexity index is 1410. The number of hydrogen-bond acceptors (Lipinski definition) is 7. The summed E-state index contributed by atoms with van der Waals surface area (Å²) in [5, 5.41) is 7.68. The number of hydrogen-bond donors (Lipinski definition) is 1. The molecule has 0 spiro atoms. The van der Waals surface area contributed by atoms with Crippen LogP contribution in [0.5, 0.6) is 11.6 Å². The molecule has 0 bridgehead atoms. The van der Waals surface area contributed by atoms with E-state index < -0.39 is 0 Å². The van der Waals surface area contributed by atoms with Crippen molar-refractivity contribution in [1.29, 1.82) is 0 Å². The van der Waals surface area contributed by atoms with Crippen LogP contribution in [0.2, 0.25) is 0 Å². The zero-order valence-corrected chi connectivity index (χ0v) is 20.6. The predicted octanol–water partition coefficient (Wildman–Crippen LogP) is 5.72. The monoisotopic (exact) mass is 486 g/mol. The number of carbonyl (C=O) groups excluding carboxylic acids is 1. The Kier molecular flexibility index (Phi) is 5.92. The van der Waals surface area contributed by atoms with Gasteiger partial charge in [0, 0.05) is 41.7 Å². The smallest absolute Gasteiger partial charge is 0.331 e. The van der Waals surface area contributed by atoms with E-state index in [1.54, 1.807) is 23.2 Å². The van der Waals surface area contributed by atoms with Crippen LogP contribution in [-0.2, 0) is 13.0 Å². The van der Waals surface area contributed by atoms with E-state index in [1.807, 2.05) is 24.3 Å². The normalized spacial score (nSPS) is 17.8. The number of carbonyl (C=O) groups is 1. The van der Waals surface area contributed by atoms with E-state index in [2.05, 4.69) is 39.2 Å². The van der Waals surface area contributed by atoms with Gasteiger partial charge in [-0.1, -0.05) is 18.5 Å². The van der Waals surface area contributed by atoms with Crippen LogP contribution < -0.4 is 10.1 Å². The molecule has 3 aromatic heterocycles. The zero-order chi connectivity index (χ0) is 24.6. The Labute approximate surface area is 209 Å². The van der Waals surface area contributed by atoms with Crippen molar-refractivity contribution in [2.24, 2.45) is 0 Å². The predicted molar refractivity (Wildman–Crippen MR) is 135 cm³/mol. The van der Waals surface area contributed by atoms with Crippen LogP contribution in [0.4, 0.5) is 10.6 Å². The van der Waals surface area contributed by atoms with Gasteiger partial charge in [0.05, 0.1) is 11.2 Å². The van der Waals surface area contributed by atoms with E-state index in [1.165, 1.54) is 12.8 Å². The molecule has 0 saturated heterocycles. The molecule has 1 aliphatic heterocycles. The number of fused-ring (bicyclic) bond motifs is 2. The molecule has 1 N–H and O–H groups in total. The standard InChI is InChI=1S/C27H30N6O3/c1-3-4-10-32-15-22-21(12-17(32)2)26(29-16-28-22)35-20-7-8-23-19(13-20)9-11-33(23)27(34)30-25-14-24(36-31-25)18-5-6-18/h7-9,11,13-14,16-18H,3-6,10,12,15H2,1-2H3,(H,30,31,34)/t17-/m0/s1. The molecule has 1 saturated carbocycles. The molecule has 1 amide bonds. The third-order valence-electron chi connectivity index (χ3n) is 7.11. The summed E-state index contributed by atoms with van der Waals surface area (Å²) in [5.74, 6) is 2.99. The van der Waals surface area contributed by atoms with Crippen LogP contribution in [0, 0.1) is 0 Å². The van der Waals surface area contributed by atoms with Crippen molar-refractivity contribution in [3.05, 3.63) is 59.9 Å². The van der Waals surface area contributed by atoms with Crippen molar-refractivity contribution in [2.45, 2.75) is 64.5 Å². The first kappa shape index (κ1) is 22.7. The van der Waals surface area contributed by atoms with Crippen LogP contribution >= 0.6 is 0 Å². The van der Waals surface area contributed by atoms with E-state index in [0.29, 0.717) is 29.4 Å². The lowest BCUT2D eigenvalue weighted by atomic mass is 9.99. The third-order valence-corrected chi connectivity index (χ3v) is 7.11. The van der Waals surface area contributed by atoms with Gasteiger partial charge >= 0.3 is 6.03 Å². The third kappa shape index (κ3) is 4.46. The average molecular weight is 487 g/mol. The van der Waals surface area contributed by atoms with Gasteiger partial charge in [-0.25, -0.2) is 14.8 Å². The summed E-state index contributed by atoms with van der Waals surface area (Å²) in [4.78, 5) is 24.3. The molecular formula is C27H30N6O3. The molecule has 36 heavy (non-hydrogen) atoms. The number of rotatable bonds is 7. The summed E-state index contributed by atoms with van der Waals surface area (Å²) in [7, 11) is 0. The Morgan fingerprint density at radius 2 is 2.11 bits per heavy atom. The lowest BCUT2D eigenvalue weighted by Crippen LogP contribution is -2.39. The lowest BCUT2D eigenvalue weighted by molar-refractivity contribution is 0.176. The highest BCUT2D eigenvalue weighted by Crippen LogP contribution is 2.40. The van der Waals surface area contributed by atoms with Crippen molar-refractivity contribution >= 4 is 22.8 Å². The number of aromatic nitrogens is 4. The van der Waals surface area contributed by atoms with E-state index >= 15 is 0 Å². The SMILES string of the molecule is CCCCN1Cc2ncnc(Oc3ccc4c(ccn4C(=O)Nc4cc(C5CC5)on4)c3)c2C[C@@H]1C. The summed E-state index contributed by atoms with van der Waals surface area (Å²) < 4.78 is 13.1. The van der Waals surface area contributed by atoms with Gasteiger partial charge in [0.1, 0.15) is 17.8 Å².